The average molecular weight is 1510 g/mol. The summed E-state index contributed by atoms with van der Waals surface area (Å²) >= 11 is 0. The zero-order chi connectivity index (χ0) is 77.3. The molecule has 32 nitrogen and oxygen atoms in total. The van der Waals surface area contributed by atoms with Crippen LogP contribution >= 0.6 is 0 Å². The summed E-state index contributed by atoms with van der Waals surface area (Å²) in [7, 11) is 1.26. The van der Waals surface area contributed by atoms with E-state index in [0.717, 1.165) is 22.3 Å². The molecule has 0 radical (unpaired) electrons. The first-order valence-electron chi connectivity index (χ1n) is 35.8. The van der Waals surface area contributed by atoms with Gasteiger partial charge in [-0.3, -0.25) is 9.69 Å². The Hall–Kier alpha value is -6.36. The molecule has 107 heavy (non-hydrogen) atoms. The van der Waals surface area contributed by atoms with Crippen LogP contribution in [0.2, 0.25) is 0 Å². The molecule has 32 heteroatoms. The molecule has 0 saturated carbocycles. The Balaban J connectivity index is 0.000000308. The second-order valence-corrected chi connectivity index (χ2v) is 27.7. The van der Waals surface area contributed by atoms with E-state index in [-0.39, 0.29) is 62.4 Å². The minimum atomic E-state index is -1.96. The van der Waals surface area contributed by atoms with Gasteiger partial charge >= 0.3 is 24.0 Å². The fourth-order valence-corrected chi connectivity index (χ4v) is 13.5. The van der Waals surface area contributed by atoms with Crippen molar-refractivity contribution in [2.24, 2.45) is 35.3 Å². The van der Waals surface area contributed by atoms with Gasteiger partial charge in [-0.05, 0) is 47.9 Å². The van der Waals surface area contributed by atoms with Crippen molar-refractivity contribution in [3.05, 3.63) is 144 Å². The van der Waals surface area contributed by atoms with Gasteiger partial charge in [0.1, 0.15) is 86.6 Å². The molecule has 6 aliphatic heterocycles. The van der Waals surface area contributed by atoms with Gasteiger partial charge in [0.05, 0.1) is 71.2 Å². The zero-order valence-electron chi connectivity index (χ0n) is 61.1. The van der Waals surface area contributed by atoms with Crippen LogP contribution in [-0.4, -0.2) is 262 Å². The molecule has 10 rings (SSSR count). The van der Waals surface area contributed by atoms with Crippen molar-refractivity contribution in [2.75, 3.05) is 33.8 Å². The topological polar surface area (TPSA) is 437 Å². The van der Waals surface area contributed by atoms with E-state index in [4.69, 9.17) is 86.3 Å². The molecular weight excluding hydrogens is 1410 g/mol. The molecule has 6 saturated heterocycles. The predicted molar refractivity (Wildman–Crippen MR) is 369 cm³/mol. The summed E-state index contributed by atoms with van der Waals surface area (Å²) in [5, 5.41) is 90.7. The van der Waals surface area contributed by atoms with Crippen molar-refractivity contribution < 1.29 is 146 Å². The highest BCUT2D eigenvalue weighted by molar-refractivity contribution is 5.76. The summed E-state index contributed by atoms with van der Waals surface area (Å²) in [5.74, 6) is -4.20. The average Bonchev–Trinajstić information content (AvgIpc) is 0.767. The largest absolute Gasteiger partial charge is 0.479 e. The van der Waals surface area contributed by atoms with Gasteiger partial charge < -0.3 is 132 Å². The van der Waals surface area contributed by atoms with Crippen molar-refractivity contribution in [1.82, 2.24) is 4.90 Å². The molecule has 0 bridgehead atoms. The second-order valence-electron chi connectivity index (χ2n) is 27.7. The SMILES string of the molecule is COC(=O)C1O[C@H](OCN(Cc2ccccc2)C(=O)OCc2ccccc2)C(C)[C@@H](O[C@@H]2OC(COCc3ccccc3)[C@H](OCc3ccccc3)[C@H](C)C2C)[C@H]1O[C@@H]1O[C@@H](C)[C@H](C)C(C)C1OC(C)=O.C[C@@H]1O[C@@H](O[C@H]2C(C(=O)O)O[C@H](OCN)C(O)[C@H]2O[C@@H]2OC(CO)[C@H](O)[C@H](O)C2O)C(O)C(O)[C@H]1O. The molecule has 11 N–H and O–H groups in total. The quantitative estimate of drug-likeness (QED) is 0.0222. The highest BCUT2D eigenvalue weighted by Crippen LogP contribution is 2.42. The van der Waals surface area contributed by atoms with Crippen LogP contribution in [0.3, 0.4) is 0 Å². The summed E-state index contributed by atoms with van der Waals surface area (Å²) in [6.07, 6.45) is -35.4. The van der Waals surface area contributed by atoms with Crippen molar-refractivity contribution in [2.45, 2.75) is 235 Å². The fraction of sp³-hybridized carbons (Fsp3) is 0.627. The number of methoxy groups -OCH3 is 1. The highest BCUT2D eigenvalue weighted by Gasteiger charge is 2.58. The number of aliphatic carboxylic acids is 1. The van der Waals surface area contributed by atoms with Gasteiger partial charge in [-0.1, -0.05) is 156 Å². The molecule has 0 spiro atoms. The van der Waals surface area contributed by atoms with Crippen LogP contribution in [0.15, 0.2) is 121 Å². The summed E-state index contributed by atoms with van der Waals surface area (Å²) in [5.41, 5.74) is 9.01. The van der Waals surface area contributed by atoms with Gasteiger partial charge in [-0.25, -0.2) is 14.4 Å². The predicted octanol–water partition coefficient (Wildman–Crippen LogP) is 2.34. The van der Waals surface area contributed by atoms with Gasteiger partial charge in [-0.15, -0.1) is 0 Å². The van der Waals surface area contributed by atoms with Gasteiger partial charge in [0.25, 0.3) is 0 Å². The lowest BCUT2D eigenvalue weighted by atomic mass is 9.83. The normalized spacial score (nSPS) is 37.3. The number of hydrogen-bond acceptors (Lipinski definition) is 30. The van der Waals surface area contributed by atoms with Gasteiger partial charge in [0.15, 0.2) is 56.1 Å². The summed E-state index contributed by atoms with van der Waals surface area (Å²) in [4.78, 5) is 54.0. The van der Waals surface area contributed by atoms with Crippen molar-refractivity contribution in [1.29, 1.82) is 0 Å². The minimum Gasteiger partial charge on any atom is -0.479 e. The number of benzene rings is 4. The number of carboxylic acids is 1. The molecule has 1 amide bonds. The van der Waals surface area contributed by atoms with Gasteiger partial charge in [0.2, 0.25) is 0 Å². The Bertz CT molecular complexity index is 3340. The van der Waals surface area contributed by atoms with Crippen LogP contribution in [0.4, 0.5) is 4.79 Å². The first-order chi connectivity index (χ1) is 51.2. The lowest BCUT2D eigenvalue weighted by Gasteiger charge is -2.50. The molecule has 6 aliphatic rings. The van der Waals surface area contributed by atoms with Crippen molar-refractivity contribution in [3.63, 3.8) is 0 Å². The van der Waals surface area contributed by atoms with Crippen molar-refractivity contribution >= 4 is 24.0 Å². The van der Waals surface area contributed by atoms with E-state index in [2.05, 4.69) is 6.92 Å². The number of aliphatic hydroxyl groups is 8. The number of carbonyl (C=O) groups excluding carboxylic acids is 3. The molecule has 0 aromatic heterocycles. The first kappa shape index (κ1) is 84.7. The number of nitrogens with zero attached hydrogens (tertiary/aromatic N) is 1. The van der Waals surface area contributed by atoms with Crippen LogP contribution in [0, 0.1) is 29.6 Å². The lowest BCUT2D eigenvalue weighted by molar-refractivity contribution is -0.381. The van der Waals surface area contributed by atoms with Gasteiger partial charge in [0, 0.05) is 24.7 Å². The maximum Gasteiger partial charge on any atom is 0.412 e. The maximum absolute atomic E-state index is 14.1. The smallest absolute Gasteiger partial charge is 0.412 e. The summed E-state index contributed by atoms with van der Waals surface area (Å²) < 4.78 is 103. The van der Waals surface area contributed by atoms with Crippen molar-refractivity contribution in [3.8, 4) is 0 Å². The Labute approximate surface area is 620 Å². The number of carbonyl (C=O) groups is 4. The molecule has 6 heterocycles. The van der Waals surface area contributed by atoms with Crippen LogP contribution in [0.25, 0.3) is 0 Å². The Morgan fingerprint density at radius 2 is 0.953 bits per heavy atom. The summed E-state index contributed by atoms with van der Waals surface area (Å²) in [6.45, 7) is 14.1. The highest BCUT2D eigenvalue weighted by atomic mass is 16.8. The number of esters is 2. The third-order valence-electron chi connectivity index (χ3n) is 20.3. The molecule has 4 aromatic carbocycles. The third-order valence-corrected chi connectivity index (χ3v) is 20.3. The fourth-order valence-electron chi connectivity index (χ4n) is 13.5. The Morgan fingerprint density at radius 3 is 1.53 bits per heavy atom. The number of nitrogens with two attached hydrogens (primary N) is 1. The van der Waals surface area contributed by atoms with E-state index < -0.39 is 185 Å². The standard InChI is InChI=1S/C56H71NO14.C19H33NO16/c1-35-36(2)49(67-41(7)58)55(66-40(35)6)70-50-48(69-54-38(4)37(3)47(63-31-44-25-17-11-18-26-44)46(68-54)33-62-30-43-23-15-10-16-24-43)39(5)53(71-51(50)52(59)61-8)65-34-57(29-42-21-13-9-14-22-42)56(60)64-32-45-27-19-12-20-28-45;1-4-6(22)8(24)10(26)18(32-4)35-14-13(12(28)17(31-3-20)36-15(14)16(29)30)34-19-11(27)9(25)7(23)5(2-21)33-19/h9-28,35-40,46-51,53-55H,29-34H2,1-8H3;4-15,17-19,21-28H,2-3,20H2,1H3,(H,29,30)/t35-,36?,37-,38?,39?,40+,46?,47-,48-,49?,50-,51?,53+,54+,55+;4-,5?,6-,7-,8?,9-,10?,11?,12?,13+,14+,15?,17-,18-,19-/m10/s1. The number of aliphatic hydroxyl groups excluding tert-OH is 8. The number of ether oxygens (including phenoxy) is 17. The Kier molecular flexibility index (Phi) is 31.7. The summed E-state index contributed by atoms with van der Waals surface area (Å²) in [6, 6.07) is 38.7. The minimum absolute atomic E-state index is 0.00347. The molecular formula is C75H104N2O30. The first-order valence-corrected chi connectivity index (χ1v) is 35.8. The molecule has 30 atom stereocenters. The Morgan fingerprint density at radius 1 is 0.449 bits per heavy atom. The number of rotatable bonds is 28. The van der Waals surface area contributed by atoms with E-state index >= 15 is 0 Å². The maximum atomic E-state index is 14.1. The molecule has 594 valence electrons. The second kappa shape index (κ2) is 40.0. The molecule has 12 unspecified atom stereocenters. The van der Waals surface area contributed by atoms with E-state index in [1.54, 1.807) is 0 Å². The van der Waals surface area contributed by atoms with E-state index in [1.807, 2.05) is 156 Å². The number of carboxylic acid groups (broad SMARTS) is 1. The van der Waals surface area contributed by atoms with Crippen LogP contribution in [0.1, 0.15) is 77.6 Å². The third kappa shape index (κ3) is 21.6. The van der Waals surface area contributed by atoms with Gasteiger partial charge in [-0.2, -0.15) is 0 Å². The number of hydrogen-bond donors (Lipinski definition) is 10. The van der Waals surface area contributed by atoms with E-state index in [0.29, 0.717) is 13.2 Å². The lowest BCUT2D eigenvalue weighted by Crippen LogP contribution is -2.67. The monoisotopic (exact) mass is 1510 g/mol. The van der Waals surface area contributed by atoms with Crippen LogP contribution in [0.5, 0.6) is 0 Å². The van der Waals surface area contributed by atoms with Crippen LogP contribution in [-0.2, 0) is 121 Å². The van der Waals surface area contributed by atoms with Crippen LogP contribution < -0.4 is 5.73 Å². The number of amides is 1. The molecule has 4 aromatic rings. The zero-order valence-corrected chi connectivity index (χ0v) is 61.1. The molecule has 6 fully saturated rings. The van der Waals surface area contributed by atoms with E-state index in [1.165, 1.54) is 25.9 Å². The molecule has 0 aliphatic carbocycles. The van der Waals surface area contributed by atoms with E-state index in [9.17, 15) is 65.1 Å².